The van der Waals surface area contributed by atoms with Crippen molar-refractivity contribution in [2.24, 2.45) is 5.92 Å². The monoisotopic (exact) mass is 398 g/mol. The zero-order chi connectivity index (χ0) is 19.6. The molecule has 0 radical (unpaired) electrons. The fraction of sp³-hybridized carbons (Fsp3) is 0.778. The van der Waals surface area contributed by atoms with Crippen molar-refractivity contribution in [3.63, 3.8) is 0 Å². The van der Waals surface area contributed by atoms with E-state index in [-0.39, 0.29) is 23.5 Å². The summed E-state index contributed by atoms with van der Waals surface area (Å²) in [6.45, 7) is 4.13. The Labute approximate surface area is 161 Å². The Hall–Kier alpha value is -1.45. The number of hydrogen-bond donors (Lipinski definition) is 1. The number of aromatic nitrogens is 1. The van der Waals surface area contributed by atoms with E-state index in [9.17, 15) is 13.2 Å². The topological polar surface area (TPSA) is 95.8 Å². The van der Waals surface area contributed by atoms with Gasteiger partial charge in [-0.1, -0.05) is 12.1 Å². The van der Waals surface area contributed by atoms with Crippen molar-refractivity contribution in [3.05, 3.63) is 17.5 Å². The lowest BCUT2D eigenvalue weighted by Crippen LogP contribution is -2.47. The van der Waals surface area contributed by atoms with Crippen LogP contribution in [0.3, 0.4) is 0 Å². The van der Waals surface area contributed by atoms with Crippen molar-refractivity contribution < 1.29 is 17.7 Å². The second-order valence-corrected chi connectivity index (χ2v) is 9.96. The van der Waals surface area contributed by atoms with Crippen LogP contribution in [0.1, 0.15) is 31.0 Å². The Morgan fingerprint density at radius 2 is 2.22 bits per heavy atom. The minimum Gasteiger partial charge on any atom is -0.364 e. The SMILES string of the molecule is CCc1nocc1CN[C@@H]1CS(=O)(=O)C[C@H]1C(=O)N(C)CC1CCCN1C. The third-order valence-electron chi connectivity index (χ3n) is 5.82. The van der Waals surface area contributed by atoms with Gasteiger partial charge in [-0.05, 0) is 32.9 Å². The minimum atomic E-state index is -3.23. The molecule has 3 atom stereocenters. The molecule has 9 heteroatoms. The molecular formula is C18H30N4O4S. The van der Waals surface area contributed by atoms with Gasteiger partial charge < -0.3 is 19.6 Å². The number of likely N-dealkylation sites (N-methyl/N-ethyl adjacent to an activating group) is 2. The van der Waals surface area contributed by atoms with Crippen molar-refractivity contribution in [1.29, 1.82) is 0 Å². The number of amides is 1. The summed E-state index contributed by atoms with van der Waals surface area (Å²) in [5, 5.41) is 7.21. The average Bonchev–Trinajstić information content (AvgIpc) is 3.31. The average molecular weight is 399 g/mol. The van der Waals surface area contributed by atoms with E-state index in [0.717, 1.165) is 37.1 Å². The van der Waals surface area contributed by atoms with Crippen molar-refractivity contribution in [3.8, 4) is 0 Å². The van der Waals surface area contributed by atoms with E-state index >= 15 is 0 Å². The highest BCUT2D eigenvalue weighted by atomic mass is 32.2. The van der Waals surface area contributed by atoms with Gasteiger partial charge in [0.25, 0.3) is 0 Å². The van der Waals surface area contributed by atoms with E-state index in [0.29, 0.717) is 19.1 Å². The summed E-state index contributed by atoms with van der Waals surface area (Å²) in [5.41, 5.74) is 1.77. The largest absolute Gasteiger partial charge is 0.364 e. The smallest absolute Gasteiger partial charge is 0.228 e. The van der Waals surface area contributed by atoms with Gasteiger partial charge in [0.05, 0.1) is 23.1 Å². The summed E-state index contributed by atoms with van der Waals surface area (Å²) < 4.78 is 29.4. The molecule has 0 spiro atoms. The van der Waals surface area contributed by atoms with Gasteiger partial charge in [0, 0.05) is 37.8 Å². The zero-order valence-electron chi connectivity index (χ0n) is 16.3. The van der Waals surface area contributed by atoms with Gasteiger partial charge in [-0.3, -0.25) is 4.79 Å². The normalized spacial score (nSPS) is 27.9. The Morgan fingerprint density at radius 1 is 1.44 bits per heavy atom. The number of aryl methyl sites for hydroxylation is 1. The summed E-state index contributed by atoms with van der Waals surface area (Å²) >= 11 is 0. The number of nitrogens with one attached hydrogen (secondary N) is 1. The van der Waals surface area contributed by atoms with E-state index in [2.05, 4.69) is 22.4 Å². The lowest BCUT2D eigenvalue weighted by molar-refractivity contribution is -0.134. The van der Waals surface area contributed by atoms with Gasteiger partial charge in [-0.25, -0.2) is 8.42 Å². The number of hydrogen-bond acceptors (Lipinski definition) is 7. The first-order valence-electron chi connectivity index (χ1n) is 9.62. The van der Waals surface area contributed by atoms with E-state index in [1.807, 2.05) is 6.92 Å². The van der Waals surface area contributed by atoms with Crippen LogP contribution in [0.4, 0.5) is 0 Å². The highest BCUT2D eigenvalue weighted by Gasteiger charge is 2.43. The van der Waals surface area contributed by atoms with Crippen LogP contribution in [0, 0.1) is 5.92 Å². The molecule has 152 valence electrons. The molecule has 0 aliphatic carbocycles. The third kappa shape index (κ3) is 4.70. The number of carbonyl (C=O) groups excluding carboxylic acids is 1. The molecular weight excluding hydrogens is 368 g/mol. The lowest BCUT2D eigenvalue weighted by atomic mass is 10.0. The second-order valence-electron chi connectivity index (χ2n) is 7.81. The molecule has 2 saturated heterocycles. The van der Waals surface area contributed by atoms with E-state index < -0.39 is 15.8 Å². The zero-order valence-corrected chi connectivity index (χ0v) is 17.2. The fourth-order valence-corrected chi connectivity index (χ4v) is 6.10. The van der Waals surface area contributed by atoms with Crippen LogP contribution in [0.5, 0.6) is 0 Å². The first kappa shape index (κ1) is 20.3. The second kappa shape index (κ2) is 8.28. The quantitative estimate of drug-likeness (QED) is 0.705. The van der Waals surface area contributed by atoms with Crippen molar-refractivity contribution in [2.75, 3.05) is 38.7 Å². The Kier molecular flexibility index (Phi) is 6.22. The molecule has 1 aromatic heterocycles. The van der Waals surface area contributed by atoms with Crippen molar-refractivity contribution in [1.82, 2.24) is 20.3 Å². The van der Waals surface area contributed by atoms with E-state index in [4.69, 9.17) is 4.52 Å². The predicted molar refractivity (Wildman–Crippen MR) is 102 cm³/mol. The third-order valence-corrected chi connectivity index (χ3v) is 7.55. The van der Waals surface area contributed by atoms with Crippen molar-refractivity contribution >= 4 is 15.7 Å². The highest BCUT2D eigenvalue weighted by Crippen LogP contribution is 2.23. The van der Waals surface area contributed by atoms with Crippen LogP contribution in [0.25, 0.3) is 0 Å². The van der Waals surface area contributed by atoms with Crippen LogP contribution in [0.2, 0.25) is 0 Å². The summed E-state index contributed by atoms with van der Waals surface area (Å²) in [6.07, 6.45) is 4.54. The standard InChI is InChI=1S/C18H30N4O4S/c1-4-16-13(10-26-20-16)8-19-17-12-27(24,25)11-15(17)18(23)22(3)9-14-6-5-7-21(14)2/h10,14-15,17,19H,4-9,11-12H2,1-3H3/t14?,15-,17-/m1/s1. The molecule has 0 saturated carbocycles. The maximum Gasteiger partial charge on any atom is 0.228 e. The molecule has 8 nitrogen and oxygen atoms in total. The molecule has 27 heavy (non-hydrogen) atoms. The number of nitrogens with zero attached hydrogens (tertiary/aromatic N) is 3. The van der Waals surface area contributed by atoms with Gasteiger partial charge >= 0.3 is 0 Å². The predicted octanol–water partition coefficient (Wildman–Crippen LogP) is 0.292. The molecule has 2 aliphatic heterocycles. The van der Waals surface area contributed by atoms with Gasteiger partial charge in [-0.15, -0.1) is 0 Å². The molecule has 1 unspecified atom stereocenters. The highest BCUT2D eigenvalue weighted by molar-refractivity contribution is 7.91. The van der Waals surface area contributed by atoms with Crippen LogP contribution < -0.4 is 5.32 Å². The number of rotatable bonds is 7. The summed E-state index contributed by atoms with van der Waals surface area (Å²) in [7, 11) is 0.630. The van der Waals surface area contributed by atoms with E-state index in [1.54, 1.807) is 18.2 Å². The Bertz CT molecular complexity index is 763. The number of likely N-dealkylation sites (tertiary alicyclic amines) is 1. The molecule has 1 N–H and O–H groups in total. The first-order valence-corrected chi connectivity index (χ1v) is 11.4. The minimum absolute atomic E-state index is 0.00663. The van der Waals surface area contributed by atoms with Crippen LogP contribution in [-0.4, -0.2) is 80.1 Å². The van der Waals surface area contributed by atoms with Crippen LogP contribution in [0.15, 0.2) is 10.8 Å². The number of sulfone groups is 1. The molecule has 1 amide bonds. The molecule has 0 aromatic carbocycles. The van der Waals surface area contributed by atoms with E-state index in [1.165, 1.54) is 0 Å². The fourth-order valence-electron chi connectivity index (χ4n) is 4.15. The van der Waals surface area contributed by atoms with Crippen LogP contribution in [-0.2, 0) is 27.6 Å². The summed E-state index contributed by atoms with van der Waals surface area (Å²) in [5.74, 6) is -0.724. The number of carbonyl (C=O) groups is 1. The Morgan fingerprint density at radius 3 is 2.89 bits per heavy atom. The van der Waals surface area contributed by atoms with Gasteiger partial charge in [0.2, 0.25) is 5.91 Å². The van der Waals surface area contributed by atoms with Gasteiger partial charge in [0.1, 0.15) is 6.26 Å². The van der Waals surface area contributed by atoms with Gasteiger partial charge in [-0.2, -0.15) is 0 Å². The summed E-state index contributed by atoms with van der Waals surface area (Å²) in [6, 6.07) is -0.0293. The molecule has 0 bridgehead atoms. The molecule has 2 fully saturated rings. The van der Waals surface area contributed by atoms with Gasteiger partial charge in [0.15, 0.2) is 9.84 Å². The molecule has 1 aromatic rings. The lowest BCUT2D eigenvalue weighted by Gasteiger charge is -2.29. The molecule has 3 rings (SSSR count). The first-order chi connectivity index (χ1) is 12.8. The van der Waals surface area contributed by atoms with Crippen LogP contribution >= 0.6 is 0 Å². The maximum atomic E-state index is 13.0. The summed E-state index contributed by atoms with van der Waals surface area (Å²) in [4.78, 5) is 17.0. The molecule has 3 heterocycles. The Balaban J connectivity index is 1.64. The molecule has 2 aliphatic rings. The van der Waals surface area contributed by atoms with Crippen molar-refractivity contribution in [2.45, 2.75) is 44.8 Å². The maximum absolute atomic E-state index is 13.0.